The van der Waals surface area contributed by atoms with Crippen molar-refractivity contribution in [3.05, 3.63) is 95.1 Å². The fourth-order valence-corrected chi connectivity index (χ4v) is 3.99. The summed E-state index contributed by atoms with van der Waals surface area (Å²) in [5, 5.41) is 4.16. The quantitative estimate of drug-likeness (QED) is 0.490. The number of rotatable bonds is 4. The molecule has 1 aliphatic rings. The Morgan fingerprint density at radius 3 is 2.60 bits per heavy atom. The Labute approximate surface area is 172 Å². The van der Waals surface area contributed by atoms with Gasteiger partial charge >= 0.3 is 0 Å². The van der Waals surface area contributed by atoms with Crippen LogP contribution in [0.4, 0.5) is 20.3 Å². The molecule has 0 aliphatic carbocycles. The number of nitrogens with one attached hydrogen (secondary N) is 1. The fourth-order valence-electron chi connectivity index (χ4n) is 3.99. The molecule has 30 heavy (non-hydrogen) atoms. The molecule has 0 fully saturated rings. The molecule has 6 heteroatoms. The largest absolute Gasteiger partial charge is 0.492 e. The van der Waals surface area contributed by atoms with E-state index in [1.807, 2.05) is 48.5 Å². The molecule has 4 aromatic rings. The SMILES string of the molecule is Nc1nc2cccc(NCc3cc(F)cc(F)c3)c2cc1C1COc2ccccc21. The predicted molar refractivity (Wildman–Crippen MR) is 114 cm³/mol. The molecule has 0 saturated heterocycles. The number of pyridine rings is 1. The third-order valence-corrected chi connectivity index (χ3v) is 5.40. The number of hydrogen-bond acceptors (Lipinski definition) is 4. The molecule has 150 valence electrons. The topological polar surface area (TPSA) is 60.2 Å². The van der Waals surface area contributed by atoms with Crippen LogP contribution in [0.1, 0.15) is 22.6 Å². The van der Waals surface area contributed by atoms with E-state index in [9.17, 15) is 8.78 Å². The smallest absolute Gasteiger partial charge is 0.128 e. The van der Waals surface area contributed by atoms with E-state index < -0.39 is 11.6 Å². The molecular weight excluding hydrogens is 384 g/mol. The van der Waals surface area contributed by atoms with Crippen LogP contribution in [0, 0.1) is 11.6 Å². The summed E-state index contributed by atoms with van der Waals surface area (Å²) >= 11 is 0. The van der Waals surface area contributed by atoms with Crippen molar-refractivity contribution >= 4 is 22.4 Å². The molecule has 0 spiro atoms. The van der Waals surface area contributed by atoms with E-state index in [-0.39, 0.29) is 12.5 Å². The number of nitrogens with zero attached hydrogens (tertiary/aromatic N) is 1. The second-order valence-corrected chi connectivity index (χ2v) is 7.37. The lowest BCUT2D eigenvalue weighted by molar-refractivity contribution is 0.343. The zero-order valence-corrected chi connectivity index (χ0v) is 16.0. The van der Waals surface area contributed by atoms with Crippen LogP contribution in [-0.2, 0) is 6.54 Å². The van der Waals surface area contributed by atoms with Crippen LogP contribution in [0.5, 0.6) is 5.75 Å². The highest BCUT2D eigenvalue weighted by atomic mass is 19.1. The van der Waals surface area contributed by atoms with Crippen molar-refractivity contribution in [1.82, 2.24) is 4.98 Å². The molecule has 0 amide bonds. The van der Waals surface area contributed by atoms with E-state index in [1.165, 1.54) is 12.1 Å². The maximum atomic E-state index is 13.5. The Balaban J connectivity index is 1.52. The van der Waals surface area contributed by atoms with Crippen LogP contribution < -0.4 is 15.8 Å². The third-order valence-electron chi connectivity index (χ3n) is 5.40. The van der Waals surface area contributed by atoms with Crippen LogP contribution in [0.25, 0.3) is 10.9 Å². The number of halogens is 2. The van der Waals surface area contributed by atoms with Crippen molar-refractivity contribution in [2.75, 3.05) is 17.7 Å². The molecule has 1 atom stereocenters. The highest BCUT2D eigenvalue weighted by molar-refractivity contribution is 5.93. The van der Waals surface area contributed by atoms with Crippen LogP contribution in [0.3, 0.4) is 0 Å². The van der Waals surface area contributed by atoms with Gasteiger partial charge in [-0.2, -0.15) is 0 Å². The summed E-state index contributed by atoms with van der Waals surface area (Å²) in [6.07, 6.45) is 0. The monoisotopic (exact) mass is 403 g/mol. The number of benzene rings is 3. The van der Waals surface area contributed by atoms with Gasteiger partial charge in [0.25, 0.3) is 0 Å². The second kappa shape index (κ2) is 7.30. The van der Waals surface area contributed by atoms with Gasteiger partial charge in [0.15, 0.2) is 0 Å². The molecular formula is C24H19F2N3O. The number of hydrogen-bond donors (Lipinski definition) is 2. The molecule has 2 heterocycles. The van der Waals surface area contributed by atoms with Gasteiger partial charge in [-0.3, -0.25) is 0 Å². The Morgan fingerprint density at radius 2 is 1.77 bits per heavy atom. The number of nitrogen functional groups attached to an aromatic ring is 1. The van der Waals surface area contributed by atoms with Crippen molar-refractivity contribution in [1.29, 1.82) is 0 Å². The standard InChI is InChI=1S/C24H19F2N3O/c25-15-8-14(9-16(26)10-15)12-28-21-5-3-6-22-19(21)11-18(24(27)29-22)20-13-30-23-7-2-1-4-17(20)23/h1-11,20,28H,12-13H2,(H2,27,29). The van der Waals surface area contributed by atoms with E-state index in [4.69, 9.17) is 10.5 Å². The van der Waals surface area contributed by atoms with E-state index in [0.717, 1.165) is 39.5 Å². The highest BCUT2D eigenvalue weighted by Crippen LogP contribution is 2.41. The van der Waals surface area contributed by atoms with Gasteiger partial charge in [0.2, 0.25) is 0 Å². The molecule has 1 aromatic heterocycles. The molecule has 3 aromatic carbocycles. The summed E-state index contributed by atoms with van der Waals surface area (Å²) in [6, 6.07) is 19.1. The summed E-state index contributed by atoms with van der Waals surface area (Å²) in [4.78, 5) is 4.60. The molecule has 0 radical (unpaired) electrons. The predicted octanol–water partition coefficient (Wildman–Crippen LogP) is 5.23. The Kier molecular flexibility index (Phi) is 4.47. The van der Waals surface area contributed by atoms with Gasteiger partial charge < -0.3 is 15.8 Å². The Morgan fingerprint density at radius 1 is 0.967 bits per heavy atom. The summed E-state index contributed by atoms with van der Waals surface area (Å²) in [7, 11) is 0. The first-order chi connectivity index (χ1) is 14.6. The van der Waals surface area contributed by atoms with Crippen molar-refractivity contribution < 1.29 is 13.5 Å². The maximum absolute atomic E-state index is 13.5. The Hall–Kier alpha value is -3.67. The van der Waals surface area contributed by atoms with Gasteiger partial charge in [0.1, 0.15) is 23.2 Å². The zero-order chi connectivity index (χ0) is 20.7. The third kappa shape index (κ3) is 3.30. The van der Waals surface area contributed by atoms with Crippen molar-refractivity contribution in [2.45, 2.75) is 12.5 Å². The Bertz CT molecular complexity index is 1240. The average Bonchev–Trinajstić information content (AvgIpc) is 3.15. The highest BCUT2D eigenvalue weighted by Gasteiger charge is 2.27. The lowest BCUT2D eigenvalue weighted by Crippen LogP contribution is -2.08. The number of para-hydroxylation sites is 1. The normalized spacial score (nSPS) is 15.1. The molecule has 0 bridgehead atoms. The zero-order valence-electron chi connectivity index (χ0n) is 16.0. The average molecular weight is 403 g/mol. The van der Waals surface area contributed by atoms with Crippen molar-refractivity contribution in [3.8, 4) is 5.75 Å². The van der Waals surface area contributed by atoms with Gasteiger partial charge in [0, 0.05) is 34.8 Å². The summed E-state index contributed by atoms with van der Waals surface area (Å²) in [6.45, 7) is 0.789. The first-order valence-corrected chi connectivity index (χ1v) is 9.68. The summed E-state index contributed by atoms with van der Waals surface area (Å²) < 4.78 is 32.8. The van der Waals surface area contributed by atoms with Crippen molar-refractivity contribution in [2.24, 2.45) is 0 Å². The van der Waals surface area contributed by atoms with E-state index in [0.29, 0.717) is 18.0 Å². The van der Waals surface area contributed by atoms with Crippen molar-refractivity contribution in [3.63, 3.8) is 0 Å². The maximum Gasteiger partial charge on any atom is 0.128 e. The number of anilines is 2. The number of fused-ring (bicyclic) bond motifs is 2. The number of ether oxygens (including phenoxy) is 1. The minimum Gasteiger partial charge on any atom is -0.492 e. The lowest BCUT2D eigenvalue weighted by atomic mass is 9.92. The number of nitrogens with two attached hydrogens (primary N) is 1. The molecule has 3 N–H and O–H groups in total. The summed E-state index contributed by atoms with van der Waals surface area (Å²) in [5.41, 5.74) is 10.4. The minimum absolute atomic E-state index is 0.00321. The molecule has 1 aliphatic heterocycles. The first-order valence-electron chi connectivity index (χ1n) is 9.68. The van der Waals surface area contributed by atoms with Gasteiger partial charge in [-0.25, -0.2) is 13.8 Å². The molecule has 1 unspecified atom stereocenters. The van der Waals surface area contributed by atoms with Gasteiger partial charge in [-0.05, 0) is 42.0 Å². The van der Waals surface area contributed by atoms with E-state index in [1.54, 1.807) is 0 Å². The summed E-state index contributed by atoms with van der Waals surface area (Å²) in [5.74, 6) is 0.143. The van der Waals surface area contributed by atoms with Gasteiger partial charge in [-0.15, -0.1) is 0 Å². The molecule has 0 saturated carbocycles. The van der Waals surface area contributed by atoms with Crippen LogP contribution in [-0.4, -0.2) is 11.6 Å². The lowest BCUT2D eigenvalue weighted by Gasteiger charge is -2.16. The second-order valence-electron chi connectivity index (χ2n) is 7.37. The molecule has 4 nitrogen and oxygen atoms in total. The first kappa shape index (κ1) is 18.4. The van der Waals surface area contributed by atoms with Crippen LogP contribution in [0.15, 0.2) is 66.7 Å². The fraction of sp³-hybridized carbons (Fsp3) is 0.125. The van der Waals surface area contributed by atoms with E-state index in [2.05, 4.69) is 10.3 Å². The van der Waals surface area contributed by atoms with Gasteiger partial charge in [-0.1, -0.05) is 24.3 Å². The number of aromatic nitrogens is 1. The van der Waals surface area contributed by atoms with Crippen LogP contribution >= 0.6 is 0 Å². The molecule has 5 rings (SSSR count). The van der Waals surface area contributed by atoms with Gasteiger partial charge in [0.05, 0.1) is 18.0 Å². The van der Waals surface area contributed by atoms with Crippen LogP contribution in [0.2, 0.25) is 0 Å². The minimum atomic E-state index is -0.596. The van der Waals surface area contributed by atoms with E-state index >= 15 is 0 Å².